The van der Waals surface area contributed by atoms with Gasteiger partial charge in [0.1, 0.15) is 0 Å². The zero-order chi connectivity index (χ0) is 0. The summed E-state index contributed by atoms with van der Waals surface area (Å²) in [6, 6.07) is 0. The van der Waals surface area contributed by atoms with Crippen LogP contribution in [0.15, 0.2) is 0 Å². The molecule has 4 nitrogen and oxygen atoms in total. The molecule has 0 spiro atoms. The second-order valence-electron chi connectivity index (χ2n) is 0. The van der Waals surface area contributed by atoms with Gasteiger partial charge in [0.15, 0.2) is 0 Å². The second-order valence-corrected chi connectivity index (χ2v) is 0. The quantitative estimate of drug-likeness (QED) is 0.233. The Kier molecular flexibility index (Phi) is 1240. The average molecular weight is 114 g/mol. The van der Waals surface area contributed by atoms with E-state index in [-0.39, 0.29) is 83.7 Å². The first-order valence-corrected chi connectivity index (χ1v) is 0. The maximum absolute atomic E-state index is 0. The Morgan fingerprint density at radius 3 is 0.333 bits per heavy atom. The van der Waals surface area contributed by atoms with Crippen LogP contribution in [0.3, 0.4) is 0 Å². The monoisotopic (exact) mass is 114 g/mol. The second kappa shape index (κ2) is 68.9. The van der Waals surface area contributed by atoms with Crippen LogP contribution in [0.5, 0.6) is 0 Å². The molecule has 0 aromatic carbocycles. The van der Waals surface area contributed by atoms with Crippen LogP contribution in [0.4, 0.5) is 0 Å². The molecule has 0 aliphatic carbocycles. The van der Waals surface area contributed by atoms with E-state index in [0.717, 1.165) is 0 Å². The first-order valence-electron chi connectivity index (χ1n) is 0. The molecule has 0 aliphatic rings. The van der Waals surface area contributed by atoms with Crippen molar-refractivity contribution in [2.45, 2.75) is 0 Å². The number of rotatable bonds is 0. The van der Waals surface area contributed by atoms with Crippen molar-refractivity contribution in [3.63, 3.8) is 0 Å². The average Bonchev–Trinajstić information content (AvgIpc) is 0. The van der Waals surface area contributed by atoms with Crippen molar-refractivity contribution in [1.82, 2.24) is 24.6 Å². The van der Waals surface area contributed by atoms with Crippen LogP contribution >= 0.6 is 0 Å². The van der Waals surface area contributed by atoms with E-state index in [1.54, 1.807) is 0 Å². The molecule has 0 aromatic heterocycles. The van der Waals surface area contributed by atoms with Crippen molar-refractivity contribution in [2.75, 3.05) is 0 Å². The molecular formula is H12N4Na2+2. The van der Waals surface area contributed by atoms with E-state index in [2.05, 4.69) is 0 Å². The van der Waals surface area contributed by atoms with Gasteiger partial charge in [-0.1, -0.05) is 0 Å². The van der Waals surface area contributed by atoms with E-state index in [1.165, 1.54) is 0 Å². The van der Waals surface area contributed by atoms with E-state index in [9.17, 15) is 0 Å². The van der Waals surface area contributed by atoms with Gasteiger partial charge in [0.25, 0.3) is 0 Å². The summed E-state index contributed by atoms with van der Waals surface area (Å²) in [7, 11) is 0. The Labute approximate surface area is 82.7 Å². The molecular weight excluding hydrogens is 102 g/mol. The molecule has 0 aromatic rings. The van der Waals surface area contributed by atoms with E-state index >= 15 is 0 Å². The molecule has 0 saturated carbocycles. The van der Waals surface area contributed by atoms with E-state index in [4.69, 9.17) is 0 Å². The molecule has 0 rings (SSSR count). The summed E-state index contributed by atoms with van der Waals surface area (Å²) < 4.78 is 0. The molecule has 0 saturated heterocycles. The van der Waals surface area contributed by atoms with Crippen LogP contribution in [0, 0.1) is 0 Å². The summed E-state index contributed by atoms with van der Waals surface area (Å²) >= 11 is 0. The van der Waals surface area contributed by atoms with Crippen molar-refractivity contribution < 1.29 is 59.1 Å². The smallest absolute Gasteiger partial charge is 0.344 e. The van der Waals surface area contributed by atoms with E-state index < -0.39 is 0 Å². The maximum atomic E-state index is 0. The fraction of sp³-hybridized carbons (Fsp3) is 0. The van der Waals surface area contributed by atoms with Crippen LogP contribution < -0.4 is 83.7 Å². The third-order valence-corrected chi connectivity index (χ3v) is 0. The molecule has 0 aliphatic heterocycles. The normalized spacial score (nSPS) is 0. The van der Waals surface area contributed by atoms with Gasteiger partial charge in [-0.25, -0.2) is 0 Å². The summed E-state index contributed by atoms with van der Waals surface area (Å²) in [4.78, 5) is 0. The third-order valence-electron chi connectivity index (χ3n) is 0. The van der Waals surface area contributed by atoms with Gasteiger partial charge < -0.3 is 24.6 Å². The minimum atomic E-state index is 0. The van der Waals surface area contributed by atoms with Gasteiger partial charge in [0, 0.05) is 0 Å². The largest absolute Gasteiger partial charge is 1.00 e. The fourth-order valence-corrected chi connectivity index (χ4v) is 0. The van der Waals surface area contributed by atoms with Crippen LogP contribution in [0.1, 0.15) is 0 Å². The summed E-state index contributed by atoms with van der Waals surface area (Å²) in [5, 5.41) is 0. The Morgan fingerprint density at radius 1 is 0.333 bits per heavy atom. The molecule has 6 heavy (non-hydrogen) atoms. The fourth-order valence-electron chi connectivity index (χ4n) is 0. The van der Waals surface area contributed by atoms with E-state index in [1.807, 2.05) is 0 Å². The molecule has 0 radical (unpaired) electrons. The van der Waals surface area contributed by atoms with Crippen molar-refractivity contribution in [1.29, 1.82) is 0 Å². The topological polar surface area (TPSA) is 140 Å². The molecule has 12 N–H and O–H groups in total. The molecule has 0 fully saturated rings. The van der Waals surface area contributed by atoms with Crippen LogP contribution in [-0.2, 0) is 0 Å². The molecule has 0 heterocycles. The standard InChI is InChI=1S/4H3N.2Na/h4*1H3;;/q;;;;2*+1. The van der Waals surface area contributed by atoms with Crippen LogP contribution in [0.25, 0.3) is 0 Å². The van der Waals surface area contributed by atoms with Crippen molar-refractivity contribution >= 4 is 0 Å². The zero-order valence-electron chi connectivity index (χ0n) is 4.83. The Morgan fingerprint density at radius 2 is 0.333 bits per heavy atom. The van der Waals surface area contributed by atoms with Gasteiger partial charge in [-0.2, -0.15) is 0 Å². The first kappa shape index (κ1) is 108. The van der Waals surface area contributed by atoms with Crippen LogP contribution in [-0.4, -0.2) is 0 Å². The van der Waals surface area contributed by atoms with Gasteiger partial charge in [-0.15, -0.1) is 0 Å². The van der Waals surface area contributed by atoms with Crippen molar-refractivity contribution in [3.8, 4) is 0 Å². The van der Waals surface area contributed by atoms with Crippen molar-refractivity contribution in [3.05, 3.63) is 0 Å². The van der Waals surface area contributed by atoms with Crippen molar-refractivity contribution in [2.24, 2.45) is 0 Å². The van der Waals surface area contributed by atoms with E-state index in [0.29, 0.717) is 0 Å². The Hall–Kier alpha value is 1.84. The summed E-state index contributed by atoms with van der Waals surface area (Å²) in [6.07, 6.45) is 0. The SMILES string of the molecule is N.N.N.N.[Na+].[Na+]. The molecule has 0 unspecified atom stereocenters. The first-order chi connectivity index (χ1) is 0. The molecule has 0 atom stereocenters. The molecule has 0 amide bonds. The Balaban J connectivity index is 0. The van der Waals surface area contributed by atoms with Gasteiger partial charge in [-0.05, 0) is 0 Å². The molecule has 32 valence electrons. The zero-order valence-corrected chi connectivity index (χ0v) is 8.83. The van der Waals surface area contributed by atoms with Crippen LogP contribution in [0.2, 0.25) is 0 Å². The number of hydrogen-bond acceptors (Lipinski definition) is 4. The predicted octanol–water partition coefficient (Wildman–Crippen LogP) is -5.34. The molecule has 6 heteroatoms. The summed E-state index contributed by atoms with van der Waals surface area (Å²) in [5.74, 6) is 0. The summed E-state index contributed by atoms with van der Waals surface area (Å²) in [6.45, 7) is 0. The Bertz CT molecular complexity index is 5.51. The van der Waals surface area contributed by atoms with Gasteiger partial charge in [0.2, 0.25) is 0 Å². The van der Waals surface area contributed by atoms with Gasteiger partial charge >= 0.3 is 59.1 Å². The predicted molar refractivity (Wildman–Crippen MR) is 20.1 cm³/mol. The third kappa shape index (κ3) is 40.4. The van der Waals surface area contributed by atoms with Gasteiger partial charge in [-0.3, -0.25) is 0 Å². The minimum Gasteiger partial charge on any atom is -0.344 e. The summed E-state index contributed by atoms with van der Waals surface area (Å²) in [5.41, 5.74) is 0. The molecule has 0 bridgehead atoms. The maximum Gasteiger partial charge on any atom is 1.00 e. The minimum absolute atomic E-state index is 0. The van der Waals surface area contributed by atoms with Gasteiger partial charge in [0.05, 0.1) is 0 Å². The number of hydrogen-bond donors (Lipinski definition) is 4.